The molecule has 19 heavy (non-hydrogen) atoms. The van der Waals surface area contributed by atoms with Crippen LogP contribution < -0.4 is 0 Å². The number of rotatable bonds is 4. The van der Waals surface area contributed by atoms with E-state index in [0.29, 0.717) is 22.6 Å². The molecule has 1 aromatic carbocycles. The van der Waals surface area contributed by atoms with E-state index in [0.717, 1.165) is 24.0 Å². The van der Waals surface area contributed by atoms with Gasteiger partial charge in [0, 0.05) is 12.0 Å². The standard InChI is InChI=1S/C15H16Cl2N2/c1-3-5-12-14(16)18-13(19-15(12)17)9-11-7-4-6-10(2)8-11/h4,6-8H,3,5,9H2,1-2H3. The number of halogens is 2. The number of aryl methyl sites for hydroxylation is 1. The lowest BCUT2D eigenvalue weighted by Crippen LogP contribution is -2.02. The summed E-state index contributed by atoms with van der Waals surface area (Å²) in [7, 11) is 0. The third-order valence-corrected chi connectivity index (χ3v) is 3.52. The summed E-state index contributed by atoms with van der Waals surface area (Å²) >= 11 is 12.4. The van der Waals surface area contributed by atoms with Crippen LogP contribution in [0.1, 0.15) is 35.9 Å². The summed E-state index contributed by atoms with van der Waals surface area (Å²) in [4.78, 5) is 8.69. The van der Waals surface area contributed by atoms with Crippen LogP contribution in [-0.4, -0.2) is 9.97 Å². The van der Waals surface area contributed by atoms with Crippen molar-refractivity contribution in [1.82, 2.24) is 9.97 Å². The first-order valence-corrected chi connectivity index (χ1v) is 7.12. The van der Waals surface area contributed by atoms with E-state index in [9.17, 15) is 0 Å². The quantitative estimate of drug-likeness (QED) is 0.768. The highest BCUT2D eigenvalue weighted by Gasteiger charge is 2.11. The molecular weight excluding hydrogens is 279 g/mol. The third-order valence-electron chi connectivity index (χ3n) is 2.90. The smallest absolute Gasteiger partial charge is 0.137 e. The van der Waals surface area contributed by atoms with E-state index in [4.69, 9.17) is 23.2 Å². The van der Waals surface area contributed by atoms with Crippen LogP contribution in [0.5, 0.6) is 0 Å². The Labute approximate surface area is 123 Å². The summed E-state index contributed by atoms with van der Waals surface area (Å²) in [5.41, 5.74) is 3.23. The Kier molecular flexibility index (Phi) is 4.78. The second-order valence-electron chi connectivity index (χ2n) is 4.62. The summed E-state index contributed by atoms with van der Waals surface area (Å²) in [6, 6.07) is 8.26. The monoisotopic (exact) mass is 294 g/mol. The molecule has 0 fully saturated rings. The molecule has 0 radical (unpaired) electrons. The topological polar surface area (TPSA) is 25.8 Å². The minimum Gasteiger partial charge on any atom is -0.220 e. The van der Waals surface area contributed by atoms with Gasteiger partial charge in [0.15, 0.2) is 0 Å². The van der Waals surface area contributed by atoms with E-state index in [1.54, 1.807) is 0 Å². The van der Waals surface area contributed by atoms with E-state index in [-0.39, 0.29) is 0 Å². The van der Waals surface area contributed by atoms with Gasteiger partial charge in [0.2, 0.25) is 0 Å². The maximum atomic E-state index is 6.18. The molecule has 0 spiro atoms. The van der Waals surface area contributed by atoms with Gasteiger partial charge in [-0.3, -0.25) is 0 Å². The van der Waals surface area contributed by atoms with Crippen molar-refractivity contribution in [2.75, 3.05) is 0 Å². The van der Waals surface area contributed by atoms with Crippen molar-refractivity contribution in [3.8, 4) is 0 Å². The fourth-order valence-corrected chi connectivity index (χ4v) is 2.62. The van der Waals surface area contributed by atoms with Crippen molar-refractivity contribution in [3.05, 3.63) is 57.1 Å². The highest BCUT2D eigenvalue weighted by atomic mass is 35.5. The minimum absolute atomic E-state index is 0.476. The van der Waals surface area contributed by atoms with Gasteiger partial charge in [0.1, 0.15) is 16.1 Å². The van der Waals surface area contributed by atoms with Gasteiger partial charge in [0.25, 0.3) is 0 Å². The normalized spacial score (nSPS) is 10.7. The number of hydrogen-bond acceptors (Lipinski definition) is 2. The fourth-order valence-electron chi connectivity index (χ4n) is 2.01. The lowest BCUT2D eigenvalue weighted by molar-refractivity contribution is 0.877. The summed E-state index contributed by atoms with van der Waals surface area (Å²) in [5.74, 6) is 0.667. The van der Waals surface area contributed by atoms with E-state index < -0.39 is 0 Å². The Morgan fingerprint density at radius 2 is 1.79 bits per heavy atom. The van der Waals surface area contributed by atoms with Crippen LogP contribution in [-0.2, 0) is 12.8 Å². The second kappa shape index (κ2) is 6.36. The van der Waals surface area contributed by atoms with Crippen molar-refractivity contribution in [2.24, 2.45) is 0 Å². The van der Waals surface area contributed by atoms with E-state index in [2.05, 4.69) is 42.0 Å². The molecule has 4 heteroatoms. The van der Waals surface area contributed by atoms with Crippen LogP contribution in [0.15, 0.2) is 24.3 Å². The molecule has 0 saturated heterocycles. The Bertz CT molecular complexity index is 559. The van der Waals surface area contributed by atoms with Crippen molar-refractivity contribution >= 4 is 23.2 Å². The largest absolute Gasteiger partial charge is 0.220 e. The Morgan fingerprint density at radius 3 is 2.37 bits per heavy atom. The van der Waals surface area contributed by atoms with Crippen molar-refractivity contribution in [2.45, 2.75) is 33.1 Å². The zero-order chi connectivity index (χ0) is 13.8. The van der Waals surface area contributed by atoms with Crippen LogP contribution in [0.25, 0.3) is 0 Å². The number of hydrogen-bond donors (Lipinski definition) is 0. The predicted octanol–water partition coefficient (Wildman–Crippen LogP) is 4.64. The van der Waals surface area contributed by atoms with Crippen LogP contribution in [0.2, 0.25) is 10.3 Å². The van der Waals surface area contributed by atoms with Gasteiger partial charge in [-0.15, -0.1) is 0 Å². The van der Waals surface area contributed by atoms with Crippen molar-refractivity contribution < 1.29 is 0 Å². The lowest BCUT2D eigenvalue weighted by Gasteiger charge is -2.07. The Balaban J connectivity index is 2.27. The van der Waals surface area contributed by atoms with Gasteiger partial charge >= 0.3 is 0 Å². The Hall–Kier alpha value is -1.12. The highest BCUT2D eigenvalue weighted by molar-refractivity contribution is 6.34. The van der Waals surface area contributed by atoms with Gasteiger partial charge < -0.3 is 0 Å². The zero-order valence-corrected chi connectivity index (χ0v) is 12.6. The molecule has 0 bridgehead atoms. The maximum absolute atomic E-state index is 6.18. The van der Waals surface area contributed by atoms with Crippen LogP contribution in [0, 0.1) is 6.92 Å². The molecule has 0 amide bonds. The van der Waals surface area contributed by atoms with Gasteiger partial charge in [-0.1, -0.05) is 66.4 Å². The van der Waals surface area contributed by atoms with Gasteiger partial charge in [-0.2, -0.15) is 0 Å². The summed E-state index contributed by atoms with van der Waals surface area (Å²) in [5, 5.41) is 0.953. The van der Waals surface area contributed by atoms with Gasteiger partial charge in [-0.05, 0) is 18.9 Å². The first-order chi connectivity index (χ1) is 9.10. The molecule has 0 saturated carbocycles. The van der Waals surface area contributed by atoms with E-state index >= 15 is 0 Å². The number of aromatic nitrogens is 2. The molecule has 2 nitrogen and oxygen atoms in total. The van der Waals surface area contributed by atoms with Crippen LogP contribution in [0.3, 0.4) is 0 Å². The van der Waals surface area contributed by atoms with Crippen molar-refractivity contribution in [1.29, 1.82) is 0 Å². The van der Waals surface area contributed by atoms with E-state index in [1.165, 1.54) is 5.56 Å². The molecule has 0 N–H and O–H groups in total. The summed E-state index contributed by atoms with van der Waals surface area (Å²) in [6.07, 6.45) is 2.43. The zero-order valence-electron chi connectivity index (χ0n) is 11.1. The molecule has 0 atom stereocenters. The molecule has 100 valence electrons. The molecule has 2 rings (SSSR count). The first kappa shape index (κ1) is 14.3. The Morgan fingerprint density at radius 1 is 1.11 bits per heavy atom. The van der Waals surface area contributed by atoms with Gasteiger partial charge in [0.05, 0.1) is 0 Å². The fraction of sp³-hybridized carbons (Fsp3) is 0.333. The van der Waals surface area contributed by atoms with Crippen molar-refractivity contribution in [3.63, 3.8) is 0 Å². The molecule has 0 aliphatic carbocycles. The summed E-state index contributed by atoms with van der Waals surface area (Å²) in [6.45, 7) is 4.14. The molecule has 2 aromatic rings. The minimum atomic E-state index is 0.476. The number of nitrogens with zero attached hydrogens (tertiary/aromatic N) is 2. The van der Waals surface area contributed by atoms with E-state index in [1.807, 2.05) is 6.07 Å². The molecule has 1 heterocycles. The highest BCUT2D eigenvalue weighted by Crippen LogP contribution is 2.23. The molecule has 0 unspecified atom stereocenters. The lowest BCUT2D eigenvalue weighted by atomic mass is 10.1. The number of benzene rings is 1. The maximum Gasteiger partial charge on any atom is 0.137 e. The SMILES string of the molecule is CCCc1c(Cl)nc(Cc2cccc(C)c2)nc1Cl. The average molecular weight is 295 g/mol. The third kappa shape index (κ3) is 3.68. The first-order valence-electron chi connectivity index (χ1n) is 6.36. The van der Waals surface area contributed by atoms with Crippen LogP contribution in [0.4, 0.5) is 0 Å². The molecule has 0 aliphatic heterocycles. The summed E-state index contributed by atoms with van der Waals surface area (Å²) < 4.78 is 0. The average Bonchev–Trinajstić information content (AvgIpc) is 2.34. The van der Waals surface area contributed by atoms with Crippen LogP contribution >= 0.6 is 23.2 Å². The van der Waals surface area contributed by atoms with Gasteiger partial charge in [-0.25, -0.2) is 9.97 Å². The molecule has 1 aromatic heterocycles. The molecular formula is C15H16Cl2N2. The predicted molar refractivity (Wildman–Crippen MR) is 80.0 cm³/mol. The molecule has 0 aliphatic rings. The second-order valence-corrected chi connectivity index (χ2v) is 5.33.